The van der Waals surface area contributed by atoms with E-state index in [2.05, 4.69) is 22.1 Å². The Morgan fingerprint density at radius 3 is 3.10 bits per heavy atom. The van der Waals surface area contributed by atoms with E-state index in [1.165, 1.54) is 13.5 Å². The third-order valence-electron chi connectivity index (χ3n) is 3.77. The number of pyridine rings is 1. The Hall–Kier alpha value is -1.82. The number of methoxy groups -OCH3 is 1. The van der Waals surface area contributed by atoms with Gasteiger partial charge in [-0.2, -0.15) is 0 Å². The molecular weight excluding hydrogens is 256 g/mol. The summed E-state index contributed by atoms with van der Waals surface area (Å²) in [5.41, 5.74) is 6.67. The van der Waals surface area contributed by atoms with E-state index in [0.717, 1.165) is 26.2 Å². The number of esters is 1. The molecule has 1 aromatic rings. The van der Waals surface area contributed by atoms with E-state index in [4.69, 9.17) is 10.5 Å². The normalized spacial score (nSPS) is 19.0. The highest BCUT2D eigenvalue weighted by Crippen LogP contribution is 2.22. The van der Waals surface area contributed by atoms with Crippen LogP contribution in [0.4, 0.5) is 11.5 Å². The van der Waals surface area contributed by atoms with Crippen molar-refractivity contribution in [3.05, 3.63) is 17.8 Å². The fourth-order valence-corrected chi connectivity index (χ4v) is 2.51. The van der Waals surface area contributed by atoms with E-state index in [-0.39, 0.29) is 0 Å². The summed E-state index contributed by atoms with van der Waals surface area (Å²) in [6, 6.07) is 1.57. The number of carbonyl (C=O) groups excluding carboxylic acids is 1. The van der Waals surface area contributed by atoms with Gasteiger partial charge in [-0.15, -0.1) is 0 Å². The predicted octanol–water partition coefficient (Wildman–Crippen LogP) is 1.20. The number of aromatic nitrogens is 1. The standard InChI is InChI=1S/C14H22N4O2/c1-3-18-7-5-10(9-18)8-17-13-12(15)11(4-6-16-13)14(19)20-2/h4,6,10H,3,5,7-9,15H2,1-2H3,(H,16,17). The monoisotopic (exact) mass is 278 g/mol. The molecule has 1 atom stereocenters. The number of rotatable bonds is 5. The molecular formula is C14H22N4O2. The van der Waals surface area contributed by atoms with Gasteiger partial charge in [0.1, 0.15) is 5.82 Å². The van der Waals surface area contributed by atoms with Gasteiger partial charge in [0.2, 0.25) is 0 Å². The van der Waals surface area contributed by atoms with Gasteiger partial charge < -0.3 is 20.7 Å². The summed E-state index contributed by atoms with van der Waals surface area (Å²) in [6.45, 7) is 6.33. The lowest BCUT2D eigenvalue weighted by molar-refractivity contribution is 0.0602. The summed E-state index contributed by atoms with van der Waals surface area (Å²) in [4.78, 5) is 18.2. The number of hydrogen-bond donors (Lipinski definition) is 2. The van der Waals surface area contributed by atoms with Gasteiger partial charge >= 0.3 is 5.97 Å². The third kappa shape index (κ3) is 3.19. The van der Waals surface area contributed by atoms with Crippen molar-refractivity contribution >= 4 is 17.5 Å². The number of carbonyl (C=O) groups is 1. The van der Waals surface area contributed by atoms with Crippen LogP contribution in [0.3, 0.4) is 0 Å². The van der Waals surface area contributed by atoms with Gasteiger partial charge in [0.15, 0.2) is 0 Å². The number of anilines is 2. The molecule has 1 fully saturated rings. The first-order chi connectivity index (χ1) is 9.65. The maximum Gasteiger partial charge on any atom is 0.340 e. The van der Waals surface area contributed by atoms with E-state index in [1.54, 1.807) is 12.3 Å². The molecule has 1 aliphatic heterocycles. The van der Waals surface area contributed by atoms with Crippen LogP contribution in [0.25, 0.3) is 0 Å². The number of hydrogen-bond acceptors (Lipinski definition) is 6. The number of nitrogens with two attached hydrogens (primary N) is 1. The smallest absolute Gasteiger partial charge is 0.340 e. The van der Waals surface area contributed by atoms with Crippen molar-refractivity contribution in [3.8, 4) is 0 Å². The zero-order chi connectivity index (χ0) is 14.5. The van der Waals surface area contributed by atoms with Gasteiger partial charge in [0.05, 0.1) is 18.4 Å². The fraction of sp³-hybridized carbons (Fsp3) is 0.571. The van der Waals surface area contributed by atoms with Crippen molar-refractivity contribution in [1.82, 2.24) is 9.88 Å². The van der Waals surface area contributed by atoms with E-state index in [0.29, 0.717) is 23.0 Å². The zero-order valence-corrected chi connectivity index (χ0v) is 12.1. The number of nitrogens with one attached hydrogen (secondary N) is 1. The first-order valence-electron chi connectivity index (χ1n) is 6.94. The Balaban J connectivity index is 1.98. The summed E-state index contributed by atoms with van der Waals surface area (Å²) in [7, 11) is 1.34. The van der Waals surface area contributed by atoms with Crippen LogP contribution >= 0.6 is 0 Å². The van der Waals surface area contributed by atoms with Crippen molar-refractivity contribution in [3.63, 3.8) is 0 Å². The number of nitrogens with zero attached hydrogens (tertiary/aromatic N) is 2. The highest BCUT2D eigenvalue weighted by molar-refractivity contribution is 5.97. The molecule has 1 aliphatic rings. The minimum atomic E-state index is -0.439. The second-order valence-corrected chi connectivity index (χ2v) is 5.04. The molecule has 1 saturated heterocycles. The van der Waals surface area contributed by atoms with Crippen molar-refractivity contribution in [2.75, 3.05) is 44.3 Å². The van der Waals surface area contributed by atoms with E-state index >= 15 is 0 Å². The minimum absolute atomic E-state index is 0.352. The molecule has 3 N–H and O–H groups in total. The lowest BCUT2D eigenvalue weighted by atomic mass is 10.1. The van der Waals surface area contributed by atoms with Crippen LogP contribution in [-0.2, 0) is 4.74 Å². The number of ether oxygens (including phenoxy) is 1. The molecule has 0 aliphatic carbocycles. The molecule has 6 nitrogen and oxygen atoms in total. The van der Waals surface area contributed by atoms with Crippen LogP contribution in [-0.4, -0.2) is 49.1 Å². The summed E-state index contributed by atoms with van der Waals surface area (Å²) in [5.74, 6) is 0.715. The van der Waals surface area contributed by atoms with Crippen molar-refractivity contribution in [2.45, 2.75) is 13.3 Å². The summed E-state index contributed by atoms with van der Waals surface area (Å²) in [6.07, 6.45) is 2.75. The molecule has 110 valence electrons. The van der Waals surface area contributed by atoms with Crippen LogP contribution in [0.1, 0.15) is 23.7 Å². The second kappa shape index (κ2) is 6.56. The fourth-order valence-electron chi connectivity index (χ4n) is 2.51. The van der Waals surface area contributed by atoms with Crippen molar-refractivity contribution < 1.29 is 9.53 Å². The molecule has 20 heavy (non-hydrogen) atoms. The summed E-state index contributed by atoms with van der Waals surface area (Å²) < 4.78 is 4.70. The van der Waals surface area contributed by atoms with Gasteiger partial charge in [-0.05, 0) is 31.5 Å². The lowest BCUT2D eigenvalue weighted by Crippen LogP contribution is -2.23. The quantitative estimate of drug-likeness (QED) is 0.788. The number of likely N-dealkylation sites (tertiary alicyclic amines) is 1. The molecule has 1 unspecified atom stereocenters. The highest BCUT2D eigenvalue weighted by atomic mass is 16.5. The number of nitrogen functional groups attached to an aromatic ring is 1. The molecule has 0 radical (unpaired) electrons. The third-order valence-corrected chi connectivity index (χ3v) is 3.77. The largest absolute Gasteiger partial charge is 0.465 e. The first-order valence-corrected chi connectivity index (χ1v) is 6.94. The molecule has 0 amide bonds. The molecule has 0 spiro atoms. The summed E-state index contributed by atoms with van der Waals surface area (Å²) >= 11 is 0. The zero-order valence-electron chi connectivity index (χ0n) is 12.1. The predicted molar refractivity (Wildman–Crippen MR) is 78.7 cm³/mol. The van der Waals surface area contributed by atoms with E-state index in [9.17, 15) is 4.79 Å². The van der Waals surface area contributed by atoms with E-state index < -0.39 is 5.97 Å². The van der Waals surface area contributed by atoms with Crippen LogP contribution < -0.4 is 11.1 Å². The minimum Gasteiger partial charge on any atom is -0.465 e. The summed E-state index contributed by atoms with van der Waals surface area (Å²) in [5, 5.41) is 3.25. The maximum atomic E-state index is 11.6. The van der Waals surface area contributed by atoms with Gasteiger partial charge in [0.25, 0.3) is 0 Å². The van der Waals surface area contributed by atoms with Crippen molar-refractivity contribution in [1.29, 1.82) is 0 Å². The van der Waals surface area contributed by atoms with Crippen LogP contribution in [0.15, 0.2) is 12.3 Å². The SMILES string of the molecule is CCN1CCC(CNc2nccc(C(=O)OC)c2N)C1. The molecule has 6 heteroatoms. The van der Waals surface area contributed by atoms with Crippen molar-refractivity contribution in [2.24, 2.45) is 5.92 Å². The van der Waals surface area contributed by atoms with Crippen LogP contribution in [0, 0.1) is 5.92 Å². The average Bonchev–Trinajstić information content (AvgIpc) is 2.93. The Bertz CT molecular complexity index is 478. The average molecular weight is 278 g/mol. The molecule has 1 aromatic heterocycles. The van der Waals surface area contributed by atoms with Crippen LogP contribution in [0.5, 0.6) is 0 Å². The Kier molecular flexibility index (Phi) is 4.79. The van der Waals surface area contributed by atoms with Gasteiger partial charge in [-0.25, -0.2) is 9.78 Å². The Morgan fingerprint density at radius 2 is 2.45 bits per heavy atom. The topological polar surface area (TPSA) is 80.5 Å². The molecule has 0 bridgehead atoms. The van der Waals surface area contributed by atoms with Crippen LogP contribution in [0.2, 0.25) is 0 Å². The van der Waals surface area contributed by atoms with Gasteiger partial charge in [0, 0.05) is 19.3 Å². The second-order valence-electron chi connectivity index (χ2n) is 5.04. The van der Waals surface area contributed by atoms with E-state index in [1.807, 2.05) is 0 Å². The molecule has 2 heterocycles. The molecule has 0 aromatic carbocycles. The molecule has 0 saturated carbocycles. The van der Waals surface area contributed by atoms with Gasteiger partial charge in [-0.1, -0.05) is 6.92 Å². The maximum absolute atomic E-state index is 11.6. The Morgan fingerprint density at radius 1 is 1.65 bits per heavy atom. The Labute approximate surface area is 119 Å². The first kappa shape index (κ1) is 14.6. The lowest BCUT2D eigenvalue weighted by Gasteiger charge is -2.15. The highest BCUT2D eigenvalue weighted by Gasteiger charge is 2.21. The molecule has 2 rings (SSSR count). The van der Waals surface area contributed by atoms with Gasteiger partial charge in [-0.3, -0.25) is 0 Å².